The highest BCUT2D eigenvalue weighted by atomic mass is 35.5. The van der Waals surface area contributed by atoms with Crippen LogP contribution in [0.15, 0.2) is 24.8 Å². The lowest BCUT2D eigenvalue weighted by atomic mass is 10.1. The third-order valence-corrected chi connectivity index (χ3v) is 2.17. The smallest absolute Gasteiger partial charge is 0.151 e. The summed E-state index contributed by atoms with van der Waals surface area (Å²) in [5, 5.41) is 9.70. The molecular formula is C10H9ClO2. The van der Waals surface area contributed by atoms with Crippen LogP contribution in [0, 0.1) is 0 Å². The van der Waals surface area contributed by atoms with Gasteiger partial charge in [-0.1, -0.05) is 17.7 Å². The molecule has 3 heteroatoms. The molecule has 0 fully saturated rings. The Hall–Kier alpha value is -1.28. The SMILES string of the molecule is C=CCc1c(O)ccc(C=O)c1Cl. The Morgan fingerprint density at radius 3 is 2.77 bits per heavy atom. The quantitative estimate of drug-likeness (QED) is 0.596. The van der Waals surface area contributed by atoms with Crippen molar-refractivity contribution in [2.75, 3.05) is 0 Å². The molecule has 0 bridgehead atoms. The number of aromatic hydroxyl groups is 1. The highest BCUT2D eigenvalue weighted by Crippen LogP contribution is 2.28. The summed E-state index contributed by atoms with van der Waals surface area (Å²) < 4.78 is 0. The summed E-state index contributed by atoms with van der Waals surface area (Å²) in [5.41, 5.74) is 0.928. The van der Waals surface area contributed by atoms with Crippen molar-refractivity contribution in [3.05, 3.63) is 40.9 Å². The largest absolute Gasteiger partial charge is 0.508 e. The Labute approximate surface area is 81.5 Å². The van der Waals surface area contributed by atoms with Gasteiger partial charge >= 0.3 is 0 Å². The summed E-state index contributed by atoms with van der Waals surface area (Å²) in [6.07, 6.45) is 2.73. The number of benzene rings is 1. The van der Waals surface area contributed by atoms with Gasteiger partial charge in [0.15, 0.2) is 6.29 Å². The van der Waals surface area contributed by atoms with E-state index in [1.54, 1.807) is 6.08 Å². The molecule has 1 rings (SSSR count). The molecule has 68 valence electrons. The zero-order valence-corrected chi connectivity index (χ0v) is 7.71. The number of phenols is 1. The molecule has 0 aliphatic rings. The maximum atomic E-state index is 10.5. The van der Waals surface area contributed by atoms with Crippen LogP contribution in [-0.2, 0) is 6.42 Å². The first-order valence-electron chi connectivity index (χ1n) is 3.77. The van der Waals surface area contributed by atoms with Gasteiger partial charge in [0.2, 0.25) is 0 Å². The summed E-state index contributed by atoms with van der Waals surface area (Å²) >= 11 is 5.85. The van der Waals surface area contributed by atoms with Gasteiger partial charge in [0, 0.05) is 11.1 Å². The first-order valence-corrected chi connectivity index (χ1v) is 4.15. The summed E-state index contributed by atoms with van der Waals surface area (Å²) in [6.45, 7) is 3.54. The van der Waals surface area contributed by atoms with Gasteiger partial charge in [-0.2, -0.15) is 0 Å². The molecule has 0 saturated heterocycles. The van der Waals surface area contributed by atoms with E-state index in [0.29, 0.717) is 28.9 Å². The van der Waals surface area contributed by atoms with Crippen LogP contribution in [0.3, 0.4) is 0 Å². The number of phenolic OH excluding ortho intramolecular Hbond substituents is 1. The van der Waals surface area contributed by atoms with Crippen molar-refractivity contribution < 1.29 is 9.90 Å². The fourth-order valence-corrected chi connectivity index (χ4v) is 1.34. The first-order chi connectivity index (χ1) is 6.20. The average molecular weight is 197 g/mol. The van der Waals surface area contributed by atoms with Crippen molar-refractivity contribution in [3.8, 4) is 5.75 Å². The van der Waals surface area contributed by atoms with E-state index in [2.05, 4.69) is 6.58 Å². The fraction of sp³-hybridized carbons (Fsp3) is 0.100. The van der Waals surface area contributed by atoms with Crippen LogP contribution < -0.4 is 0 Å². The number of carbonyl (C=O) groups excluding carboxylic acids is 1. The molecule has 0 aliphatic carbocycles. The van der Waals surface area contributed by atoms with E-state index in [9.17, 15) is 9.90 Å². The van der Waals surface area contributed by atoms with E-state index in [-0.39, 0.29) is 5.75 Å². The minimum Gasteiger partial charge on any atom is -0.508 e. The Bertz CT molecular complexity index is 345. The molecule has 1 aromatic carbocycles. The van der Waals surface area contributed by atoms with Crippen LogP contribution in [0.5, 0.6) is 5.75 Å². The summed E-state index contributed by atoms with van der Waals surface area (Å²) in [7, 11) is 0. The number of hydrogen-bond donors (Lipinski definition) is 1. The van der Waals surface area contributed by atoms with Gasteiger partial charge in [0.25, 0.3) is 0 Å². The molecule has 0 aromatic heterocycles. The Morgan fingerprint density at radius 2 is 2.23 bits per heavy atom. The normalized spacial score (nSPS) is 9.62. The van der Waals surface area contributed by atoms with Crippen molar-refractivity contribution >= 4 is 17.9 Å². The highest BCUT2D eigenvalue weighted by molar-refractivity contribution is 6.34. The van der Waals surface area contributed by atoms with Crippen LogP contribution >= 0.6 is 11.6 Å². The monoisotopic (exact) mass is 196 g/mol. The van der Waals surface area contributed by atoms with Crippen molar-refractivity contribution in [1.29, 1.82) is 0 Å². The van der Waals surface area contributed by atoms with Crippen LogP contribution in [0.25, 0.3) is 0 Å². The van der Waals surface area contributed by atoms with Gasteiger partial charge in [-0.15, -0.1) is 6.58 Å². The van der Waals surface area contributed by atoms with E-state index in [1.165, 1.54) is 12.1 Å². The molecule has 0 radical (unpaired) electrons. The number of allylic oxidation sites excluding steroid dienone is 1. The maximum absolute atomic E-state index is 10.5. The Morgan fingerprint density at radius 1 is 1.54 bits per heavy atom. The lowest BCUT2D eigenvalue weighted by Crippen LogP contribution is -1.90. The van der Waals surface area contributed by atoms with Gasteiger partial charge in [-0.3, -0.25) is 4.79 Å². The molecule has 0 heterocycles. The zero-order chi connectivity index (χ0) is 9.84. The molecule has 0 spiro atoms. The maximum Gasteiger partial charge on any atom is 0.151 e. The third kappa shape index (κ3) is 1.90. The zero-order valence-electron chi connectivity index (χ0n) is 6.96. The minimum atomic E-state index is 0.0931. The predicted molar refractivity (Wildman–Crippen MR) is 52.4 cm³/mol. The Balaban J connectivity index is 3.28. The van der Waals surface area contributed by atoms with Crippen LogP contribution in [0.4, 0.5) is 0 Å². The number of halogens is 1. The number of carbonyl (C=O) groups is 1. The van der Waals surface area contributed by atoms with Crippen LogP contribution in [0.1, 0.15) is 15.9 Å². The fourth-order valence-electron chi connectivity index (χ4n) is 1.06. The molecule has 0 atom stereocenters. The van der Waals surface area contributed by atoms with Crippen LogP contribution in [-0.4, -0.2) is 11.4 Å². The molecule has 13 heavy (non-hydrogen) atoms. The minimum absolute atomic E-state index is 0.0931. The molecule has 2 nitrogen and oxygen atoms in total. The van der Waals surface area contributed by atoms with Crippen molar-refractivity contribution in [3.63, 3.8) is 0 Å². The Kier molecular flexibility index (Phi) is 3.09. The van der Waals surface area contributed by atoms with E-state index in [1.807, 2.05) is 0 Å². The van der Waals surface area contributed by atoms with Gasteiger partial charge in [-0.25, -0.2) is 0 Å². The molecule has 0 aliphatic heterocycles. The van der Waals surface area contributed by atoms with Gasteiger partial charge in [0.1, 0.15) is 5.75 Å². The lowest BCUT2D eigenvalue weighted by Gasteiger charge is -2.05. The molecule has 0 saturated carbocycles. The predicted octanol–water partition coefficient (Wildman–Crippen LogP) is 2.59. The first kappa shape index (κ1) is 9.81. The molecule has 0 amide bonds. The second-order valence-electron chi connectivity index (χ2n) is 2.58. The summed E-state index contributed by atoms with van der Waals surface area (Å²) in [6, 6.07) is 2.94. The summed E-state index contributed by atoms with van der Waals surface area (Å²) in [4.78, 5) is 10.5. The second kappa shape index (κ2) is 4.10. The van der Waals surface area contributed by atoms with E-state index in [0.717, 1.165) is 0 Å². The second-order valence-corrected chi connectivity index (χ2v) is 2.96. The van der Waals surface area contributed by atoms with Gasteiger partial charge < -0.3 is 5.11 Å². The molecular weight excluding hydrogens is 188 g/mol. The van der Waals surface area contributed by atoms with Gasteiger partial charge in [0.05, 0.1) is 5.02 Å². The molecule has 1 aromatic rings. The lowest BCUT2D eigenvalue weighted by molar-refractivity contribution is 0.112. The third-order valence-electron chi connectivity index (χ3n) is 1.72. The van der Waals surface area contributed by atoms with E-state index >= 15 is 0 Å². The highest BCUT2D eigenvalue weighted by Gasteiger charge is 2.08. The van der Waals surface area contributed by atoms with Gasteiger partial charge in [-0.05, 0) is 18.6 Å². The standard InChI is InChI=1S/C10H9ClO2/c1-2-3-8-9(13)5-4-7(6-12)10(8)11/h2,4-6,13H,1,3H2. The van der Waals surface area contributed by atoms with Crippen molar-refractivity contribution in [1.82, 2.24) is 0 Å². The number of rotatable bonds is 3. The average Bonchev–Trinajstić information content (AvgIpc) is 2.12. The number of hydrogen-bond acceptors (Lipinski definition) is 2. The van der Waals surface area contributed by atoms with E-state index < -0.39 is 0 Å². The molecule has 1 N–H and O–H groups in total. The van der Waals surface area contributed by atoms with E-state index in [4.69, 9.17) is 11.6 Å². The van der Waals surface area contributed by atoms with Crippen LogP contribution in [0.2, 0.25) is 5.02 Å². The van der Waals surface area contributed by atoms with Crippen molar-refractivity contribution in [2.24, 2.45) is 0 Å². The molecule has 0 unspecified atom stereocenters. The van der Waals surface area contributed by atoms with Crippen molar-refractivity contribution in [2.45, 2.75) is 6.42 Å². The number of aldehydes is 1. The summed E-state index contributed by atoms with van der Waals surface area (Å²) in [5.74, 6) is 0.0931. The topological polar surface area (TPSA) is 37.3 Å².